The predicted octanol–water partition coefficient (Wildman–Crippen LogP) is 9.08. The van der Waals surface area contributed by atoms with Crippen LogP contribution in [0.4, 0.5) is 11.4 Å². The average molecular weight is 695 g/mol. The maximum atomic E-state index is 13.7. The molecule has 3 amide bonds. The number of Topliss-reactive ketones (excluding diaryl/α,β-unsaturated/α-hetero) is 1. The second kappa shape index (κ2) is 16.1. The fraction of sp³-hybridized carbons (Fsp3) is 0.0526. The van der Waals surface area contributed by atoms with Crippen molar-refractivity contribution in [3.05, 3.63) is 165 Å². The van der Waals surface area contributed by atoms with Gasteiger partial charge in [-0.3, -0.25) is 19.2 Å². The Labute approximate surface area is 292 Å². The number of carbonyl (C=O) groups excluding carboxylic acids is 4. The number of ketones is 1. The first-order chi connectivity index (χ1) is 23.2. The van der Waals surface area contributed by atoms with E-state index in [0.717, 1.165) is 5.56 Å². The second-order valence-corrected chi connectivity index (χ2v) is 12.5. The maximum Gasteiger partial charge on any atom is 0.272 e. The molecular formula is C38H29Cl2N3O4S. The Hall–Kier alpha value is -5.15. The van der Waals surface area contributed by atoms with Crippen molar-refractivity contribution in [1.29, 1.82) is 0 Å². The Morgan fingerprint density at radius 1 is 0.667 bits per heavy atom. The van der Waals surface area contributed by atoms with Crippen molar-refractivity contribution in [2.45, 2.75) is 17.1 Å². The molecule has 0 spiro atoms. The lowest BCUT2D eigenvalue weighted by Crippen LogP contribution is -2.30. The molecule has 0 saturated carbocycles. The molecule has 10 heteroatoms. The number of thioether (sulfide) groups is 1. The van der Waals surface area contributed by atoms with Gasteiger partial charge in [-0.2, -0.15) is 0 Å². The predicted molar refractivity (Wildman–Crippen MR) is 194 cm³/mol. The highest BCUT2D eigenvalue weighted by molar-refractivity contribution is 8.00. The number of hydrogen-bond donors (Lipinski definition) is 3. The summed E-state index contributed by atoms with van der Waals surface area (Å²) in [5, 5.41) is 8.44. The van der Waals surface area contributed by atoms with Crippen LogP contribution in [0.2, 0.25) is 10.0 Å². The lowest BCUT2D eigenvalue weighted by molar-refractivity contribution is -0.116. The molecule has 1 unspecified atom stereocenters. The van der Waals surface area contributed by atoms with Crippen LogP contribution in [0.25, 0.3) is 6.08 Å². The normalized spacial score (nSPS) is 11.7. The first kappa shape index (κ1) is 34.2. The van der Waals surface area contributed by atoms with Gasteiger partial charge in [0.25, 0.3) is 11.8 Å². The number of carbonyl (C=O) groups is 4. The van der Waals surface area contributed by atoms with Gasteiger partial charge in [0.15, 0.2) is 5.78 Å². The van der Waals surface area contributed by atoms with E-state index < -0.39 is 17.1 Å². The summed E-state index contributed by atoms with van der Waals surface area (Å²) in [6.07, 6.45) is 1.43. The zero-order valence-electron chi connectivity index (χ0n) is 25.6. The molecule has 0 aliphatic carbocycles. The standard InChI is InChI=1S/C38H29Cl2N3O4S/c1-24(44)25-18-20-28(21-19-25)41-38(47)35(26-10-4-2-5-11-26)48-30-15-8-14-29(22-30)42-37(46)34(23-31-32(39)16-9-17-33(31)40)43-36(45)27-12-6-3-7-13-27/h2-23,35H,1H3,(H,41,47)(H,42,46)(H,43,45)/b34-23+. The topological polar surface area (TPSA) is 104 Å². The Kier molecular flexibility index (Phi) is 11.5. The van der Waals surface area contributed by atoms with Gasteiger partial charge < -0.3 is 16.0 Å². The first-order valence-electron chi connectivity index (χ1n) is 14.7. The van der Waals surface area contributed by atoms with E-state index in [4.69, 9.17) is 23.2 Å². The van der Waals surface area contributed by atoms with Crippen LogP contribution in [0, 0.1) is 0 Å². The summed E-state index contributed by atoms with van der Waals surface area (Å²) in [5.41, 5.74) is 2.98. The zero-order chi connectivity index (χ0) is 34.0. The van der Waals surface area contributed by atoms with Crippen molar-refractivity contribution in [1.82, 2.24) is 5.32 Å². The van der Waals surface area contributed by atoms with Gasteiger partial charge in [-0.05, 0) is 85.3 Å². The van der Waals surface area contributed by atoms with Crippen molar-refractivity contribution in [2.75, 3.05) is 10.6 Å². The summed E-state index contributed by atoms with van der Waals surface area (Å²) in [7, 11) is 0. The van der Waals surface area contributed by atoms with Gasteiger partial charge in [-0.15, -0.1) is 11.8 Å². The minimum absolute atomic E-state index is 0.0635. The van der Waals surface area contributed by atoms with E-state index in [1.54, 1.807) is 91.0 Å². The van der Waals surface area contributed by atoms with E-state index >= 15 is 0 Å². The van der Waals surface area contributed by atoms with E-state index in [1.165, 1.54) is 24.8 Å². The van der Waals surface area contributed by atoms with E-state index in [9.17, 15) is 19.2 Å². The van der Waals surface area contributed by atoms with E-state index in [0.29, 0.717) is 43.0 Å². The van der Waals surface area contributed by atoms with Gasteiger partial charge in [0.2, 0.25) is 5.91 Å². The van der Waals surface area contributed by atoms with Gasteiger partial charge in [0.1, 0.15) is 10.9 Å². The van der Waals surface area contributed by atoms with Crippen molar-refractivity contribution < 1.29 is 19.2 Å². The molecule has 0 heterocycles. The third kappa shape index (κ3) is 9.01. The number of benzene rings is 5. The van der Waals surface area contributed by atoms with Gasteiger partial charge in [-0.25, -0.2) is 0 Å². The van der Waals surface area contributed by atoms with Gasteiger partial charge in [-0.1, -0.05) is 83.9 Å². The van der Waals surface area contributed by atoms with Crippen molar-refractivity contribution in [3.8, 4) is 0 Å². The highest BCUT2D eigenvalue weighted by Gasteiger charge is 2.23. The molecule has 7 nitrogen and oxygen atoms in total. The van der Waals surface area contributed by atoms with Crippen LogP contribution in [-0.4, -0.2) is 23.5 Å². The summed E-state index contributed by atoms with van der Waals surface area (Å²) in [6, 6.07) is 36.5. The molecule has 0 aromatic heterocycles. The zero-order valence-corrected chi connectivity index (χ0v) is 27.9. The van der Waals surface area contributed by atoms with Crippen LogP contribution < -0.4 is 16.0 Å². The molecular weight excluding hydrogens is 665 g/mol. The maximum absolute atomic E-state index is 13.7. The lowest BCUT2D eigenvalue weighted by Gasteiger charge is -2.18. The number of rotatable bonds is 11. The average Bonchev–Trinajstić information content (AvgIpc) is 3.09. The largest absolute Gasteiger partial charge is 0.325 e. The molecule has 0 aliphatic heterocycles. The molecule has 0 saturated heterocycles. The molecule has 48 heavy (non-hydrogen) atoms. The lowest BCUT2D eigenvalue weighted by atomic mass is 10.1. The minimum Gasteiger partial charge on any atom is -0.325 e. The summed E-state index contributed by atoms with van der Waals surface area (Å²) in [5.74, 6) is -1.42. The van der Waals surface area contributed by atoms with Gasteiger partial charge in [0.05, 0.1) is 0 Å². The summed E-state index contributed by atoms with van der Waals surface area (Å²) in [4.78, 5) is 52.7. The minimum atomic E-state index is -0.646. The molecule has 5 rings (SSSR count). The van der Waals surface area contributed by atoms with Crippen molar-refractivity contribution in [2.24, 2.45) is 0 Å². The molecule has 0 fully saturated rings. The third-order valence-corrected chi connectivity index (χ3v) is 8.97. The molecule has 0 radical (unpaired) electrons. The van der Waals surface area contributed by atoms with Gasteiger partial charge in [0, 0.05) is 43.0 Å². The van der Waals surface area contributed by atoms with E-state index in [1.807, 2.05) is 36.4 Å². The molecule has 240 valence electrons. The number of nitrogens with one attached hydrogen (secondary N) is 3. The van der Waals surface area contributed by atoms with Crippen LogP contribution in [0.5, 0.6) is 0 Å². The SMILES string of the molecule is CC(=O)c1ccc(NC(=O)C(Sc2cccc(NC(=O)/C(=C\c3c(Cl)cccc3Cl)NC(=O)c3ccccc3)c2)c2ccccc2)cc1. The molecule has 3 N–H and O–H groups in total. The van der Waals surface area contributed by atoms with Gasteiger partial charge >= 0.3 is 0 Å². The Bertz CT molecular complexity index is 1960. The monoisotopic (exact) mass is 693 g/mol. The van der Waals surface area contributed by atoms with Crippen LogP contribution in [0.1, 0.15) is 44.0 Å². The van der Waals surface area contributed by atoms with Crippen LogP contribution in [0.3, 0.4) is 0 Å². The highest BCUT2D eigenvalue weighted by atomic mass is 35.5. The summed E-state index contributed by atoms with van der Waals surface area (Å²) < 4.78 is 0. The highest BCUT2D eigenvalue weighted by Crippen LogP contribution is 2.37. The number of halogens is 2. The molecule has 1 atom stereocenters. The Morgan fingerprint density at radius 2 is 1.29 bits per heavy atom. The fourth-order valence-corrected chi connectivity index (χ4v) is 6.20. The Balaban J connectivity index is 1.39. The first-order valence-corrected chi connectivity index (χ1v) is 16.4. The molecule has 0 aliphatic rings. The Morgan fingerprint density at radius 3 is 1.94 bits per heavy atom. The number of anilines is 2. The second-order valence-electron chi connectivity index (χ2n) is 10.5. The quantitative estimate of drug-likeness (QED) is 0.0727. The molecule has 0 bridgehead atoms. The smallest absolute Gasteiger partial charge is 0.272 e. The summed E-state index contributed by atoms with van der Waals surface area (Å²) >= 11 is 14.1. The third-order valence-electron chi connectivity index (χ3n) is 7.06. The number of amides is 3. The van der Waals surface area contributed by atoms with E-state index in [2.05, 4.69) is 16.0 Å². The fourth-order valence-electron chi connectivity index (χ4n) is 4.61. The van der Waals surface area contributed by atoms with Crippen molar-refractivity contribution >= 4 is 75.9 Å². The molecule has 5 aromatic rings. The van der Waals surface area contributed by atoms with E-state index in [-0.39, 0.29) is 17.4 Å². The van der Waals surface area contributed by atoms with Crippen LogP contribution in [0.15, 0.2) is 138 Å². The molecule has 5 aromatic carbocycles. The number of hydrogen-bond acceptors (Lipinski definition) is 5. The van der Waals surface area contributed by atoms with Crippen LogP contribution >= 0.6 is 35.0 Å². The van der Waals surface area contributed by atoms with Crippen molar-refractivity contribution in [3.63, 3.8) is 0 Å². The van der Waals surface area contributed by atoms with Crippen LogP contribution in [-0.2, 0) is 9.59 Å². The summed E-state index contributed by atoms with van der Waals surface area (Å²) in [6.45, 7) is 1.48.